The van der Waals surface area contributed by atoms with Crippen LogP contribution in [0.4, 0.5) is 0 Å². The fourth-order valence-electron chi connectivity index (χ4n) is 4.37. The fourth-order valence-corrected chi connectivity index (χ4v) is 4.61. The summed E-state index contributed by atoms with van der Waals surface area (Å²) in [7, 11) is 1.67. The van der Waals surface area contributed by atoms with Crippen LogP contribution in [0.2, 0.25) is 5.02 Å². The van der Waals surface area contributed by atoms with E-state index in [4.69, 9.17) is 35.5 Å². The Morgan fingerprint density at radius 3 is 2.82 bits per heavy atom. The molecule has 1 saturated carbocycles. The van der Waals surface area contributed by atoms with Gasteiger partial charge in [-0.1, -0.05) is 29.8 Å². The Bertz CT molecular complexity index is 1320. The summed E-state index contributed by atoms with van der Waals surface area (Å²) in [5.41, 5.74) is 3.87. The lowest BCUT2D eigenvalue weighted by atomic mass is 9.95. The van der Waals surface area contributed by atoms with E-state index in [0.717, 1.165) is 35.4 Å². The molecule has 1 aromatic carbocycles. The zero-order chi connectivity index (χ0) is 26.5. The number of carbonyl (C=O) groups is 1. The molecular weight excluding hydrogens is 510 g/mol. The number of hydrogen-bond acceptors (Lipinski definition) is 9. The van der Waals surface area contributed by atoms with Crippen LogP contribution in [0.15, 0.2) is 36.4 Å². The zero-order valence-electron chi connectivity index (χ0n) is 21.4. The first-order valence-electron chi connectivity index (χ1n) is 12.7. The van der Waals surface area contributed by atoms with Crippen LogP contribution in [0.25, 0.3) is 5.57 Å². The van der Waals surface area contributed by atoms with Gasteiger partial charge in [-0.2, -0.15) is 4.80 Å². The monoisotopic (exact) mass is 539 g/mol. The maximum absolute atomic E-state index is 11.6. The van der Waals surface area contributed by atoms with Gasteiger partial charge >= 0.3 is 5.97 Å². The minimum absolute atomic E-state index is 0.0470. The predicted octanol–water partition coefficient (Wildman–Crippen LogP) is 4.22. The molecule has 1 aliphatic carbocycles. The minimum atomic E-state index is -0.432. The van der Waals surface area contributed by atoms with E-state index in [1.165, 1.54) is 17.6 Å². The highest BCUT2D eigenvalue weighted by Crippen LogP contribution is 2.44. The summed E-state index contributed by atoms with van der Waals surface area (Å²) in [6.07, 6.45) is 5.52. The van der Waals surface area contributed by atoms with E-state index in [9.17, 15) is 4.79 Å². The lowest BCUT2D eigenvalue weighted by Crippen LogP contribution is -2.15. The predicted molar refractivity (Wildman–Crippen MR) is 139 cm³/mol. The largest absolute Gasteiger partial charge is 0.484 e. The molecule has 0 spiro atoms. The Hall–Kier alpha value is -3.50. The lowest BCUT2D eigenvalue weighted by Gasteiger charge is -2.15. The van der Waals surface area contributed by atoms with Gasteiger partial charge in [-0.05, 0) is 61.1 Å². The van der Waals surface area contributed by atoms with E-state index < -0.39 is 5.97 Å². The van der Waals surface area contributed by atoms with Crippen molar-refractivity contribution < 1.29 is 23.7 Å². The average Bonchev–Trinajstić information content (AvgIpc) is 3.44. The number of tetrazole rings is 1. The maximum Gasteiger partial charge on any atom is 0.329 e. The molecule has 2 aliphatic rings. The summed E-state index contributed by atoms with van der Waals surface area (Å²) in [4.78, 5) is 17.6. The quantitative estimate of drug-likeness (QED) is 0.331. The molecule has 1 saturated heterocycles. The highest BCUT2D eigenvalue weighted by atomic mass is 35.5. The Balaban J connectivity index is 1.34. The van der Waals surface area contributed by atoms with Crippen LogP contribution >= 0.6 is 11.6 Å². The second-order valence-corrected chi connectivity index (χ2v) is 9.66. The van der Waals surface area contributed by atoms with Gasteiger partial charge in [0.1, 0.15) is 5.75 Å². The Morgan fingerprint density at radius 2 is 2.11 bits per heavy atom. The van der Waals surface area contributed by atoms with E-state index in [-0.39, 0.29) is 13.2 Å². The fraction of sp³-hybridized carbons (Fsp3) is 0.444. The summed E-state index contributed by atoms with van der Waals surface area (Å²) in [5.74, 6) is 1.87. The molecule has 0 bridgehead atoms. The minimum Gasteiger partial charge on any atom is -0.484 e. The number of benzene rings is 1. The Labute approximate surface area is 225 Å². The van der Waals surface area contributed by atoms with Gasteiger partial charge in [0.2, 0.25) is 11.7 Å². The van der Waals surface area contributed by atoms with Crippen molar-refractivity contribution in [2.24, 2.45) is 5.92 Å². The number of aromatic nitrogens is 5. The lowest BCUT2D eigenvalue weighted by molar-refractivity contribution is -0.144. The molecule has 3 aromatic rings. The van der Waals surface area contributed by atoms with Crippen LogP contribution in [0.3, 0.4) is 0 Å². The highest BCUT2D eigenvalue weighted by Gasteiger charge is 2.28. The van der Waals surface area contributed by atoms with Gasteiger partial charge in [-0.3, -0.25) is 0 Å². The summed E-state index contributed by atoms with van der Waals surface area (Å²) >= 11 is 6.64. The Kier molecular flexibility index (Phi) is 8.19. The number of methoxy groups -OCH3 is 1. The Morgan fingerprint density at radius 1 is 1.24 bits per heavy atom. The third-order valence-corrected chi connectivity index (χ3v) is 6.71. The molecule has 38 heavy (non-hydrogen) atoms. The molecule has 0 N–H and O–H groups in total. The summed E-state index contributed by atoms with van der Waals surface area (Å²) in [5, 5.41) is 12.4. The van der Waals surface area contributed by atoms with Crippen molar-refractivity contribution in [3.05, 3.63) is 64.1 Å². The molecule has 0 radical (unpaired) electrons. The van der Waals surface area contributed by atoms with Gasteiger partial charge in [0, 0.05) is 23.7 Å². The van der Waals surface area contributed by atoms with E-state index in [1.54, 1.807) is 14.0 Å². The van der Waals surface area contributed by atoms with Gasteiger partial charge in [-0.25, -0.2) is 9.78 Å². The maximum atomic E-state index is 11.6. The number of rotatable bonds is 11. The van der Waals surface area contributed by atoms with Crippen molar-refractivity contribution >= 4 is 23.1 Å². The standard InChI is InChI=1S/C27H30ClN5O5/c1-3-37-26(34)14-33-31-25(30-32-33)16-38-24-9-6-19(13-22(24)28)21(12-17-10-11-36-15-17)23-8-7-20(18-4-5-18)27(29-23)35-2/h6-9,12-13,17-18H,3-5,10-11,14-16H2,1-2H3/b21-12+/t17-/m1/s1. The summed E-state index contributed by atoms with van der Waals surface area (Å²) < 4.78 is 22.0. The topological polar surface area (TPSA) is 110 Å². The number of hydrogen-bond donors (Lipinski definition) is 0. The first-order chi connectivity index (χ1) is 18.5. The second-order valence-electron chi connectivity index (χ2n) is 9.25. The molecule has 2 fully saturated rings. The number of nitrogens with zero attached hydrogens (tertiary/aromatic N) is 5. The molecule has 0 unspecified atom stereocenters. The zero-order valence-corrected chi connectivity index (χ0v) is 22.2. The van der Waals surface area contributed by atoms with E-state index in [2.05, 4.69) is 33.6 Å². The molecule has 2 aromatic heterocycles. The van der Waals surface area contributed by atoms with Crippen LogP contribution in [0.5, 0.6) is 11.6 Å². The number of halogens is 1. The molecule has 200 valence electrons. The van der Waals surface area contributed by atoms with Gasteiger partial charge in [0.25, 0.3) is 0 Å². The van der Waals surface area contributed by atoms with Gasteiger partial charge in [-0.15, -0.1) is 10.2 Å². The molecule has 5 rings (SSSR count). The van der Waals surface area contributed by atoms with Crippen LogP contribution in [0, 0.1) is 5.92 Å². The van der Waals surface area contributed by atoms with Crippen LogP contribution in [-0.2, 0) is 27.4 Å². The third kappa shape index (κ3) is 6.31. The van der Waals surface area contributed by atoms with Crippen molar-refractivity contribution in [3.63, 3.8) is 0 Å². The normalized spacial score (nSPS) is 17.4. The van der Waals surface area contributed by atoms with Gasteiger partial charge in [0.05, 0.1) is 31.0 Å². The molecule has 3 heterocycles. The first-order valence-corrected chi connectivity index (χ1v) is 13.1. The van der Waals surface area contributed by atoms with Crippen molar-refractivity contribution in [1.29, 1.82) is 0 Å². The third-order valence-electron chi connectivity index (χ3n) is 6.41. The molecular formula is C27H30ClN5O5. The van der Waals surface area contributed by atoms with Crippen LogP contribution in [-0.4, -0.2) is 58.1 Å². The molecule has 1 atom stereocenters. The second kappa shape index (κ2) is 11.9. The van der Waals surface area contributed by atoms with Crippen molar-refractivity contribution in [2.45, 2.75) is 45.3 Å². The molecule has 0 amide bonds. The SMILES string of the molecule is CCOC(=O)Cn1nnc(COc2ccc(/C(=C\[C@H]3CCOC3)c3ccc(C4CC4)c(OC)n3)cc2Cl)n1. The van der Waals surface area contributed by atoms with Crippen molar-refractivity contribution in [2.75, 3.05) is 26.9 Å². The van der Waals surface area contributed by atoms with E-state index in [0.29, 0.717) is 47.5 Å². The van der Waals surface area contributed by atoms with Crippen LogP contribution < -0.4 is 9.47 Å². The molecule has 11 heteroatoms. The summed E-state index contributed by atoms with van der Waals surface area (Å²) in [6.45, 7) is 3.39. The number of carbonyl (C=O) groups excluding carboxylic acids is 1. The average molecular weight is 540 g/mol. The highest BCUT2D eigenvalue weighted by molar-refractivity contribution is 6.32. The first kappa shape index (κ1) is 26.1. The number of ether oxygens (including phenoxy) is 4. The van der Waals surface area contributed by atoms with Gasteiger partial charge in [0.15, 0.2) is 13.2 Å². The smallest absolute Gasteiger partial charge is 0.329 e. The van der Waals surface area contributed by atoms with Crippen LogP contribution in [0.1, 0.15) is 54.7 Å². The van der Waals surface area contributed by atoms with E-state index >= 15 is 0 Å². The van der Waals surface area contributed by atoms with Crippen molar-refractivity contribution in [1.82, 2.24) is 25.2 Å². The van der Waals surface area contributed by atoms with Gasteiger partial charge < -0.3 is 18.9 Å². The van der Waals surface area contributed by atoms with Crippen molar-refractivity contribution in [3.8, 4) is 11.6 Å². The number of pyridine rings is 1. The van der Waals surface area contributed by atoms with E-state index in [1.807, 2.05) is 18.2 Å². The number of esters is 1. The molecule has 10 nitrogen and oxygen atoms in total. The summed E-state index contributed by atoms with van der Waals surface area (Å²) in [6, 6.07) is 9.82. The molecule has 1 aliphatic heterocycles.